The molecule has 0 aliphatic rings. The number of ether oxygens (including phenoxy) is 1. The fourth-order valence-corrected chi connectivity index (χ4v) is 2.88. The topological polar surface area (TPSA) is 90.3 Å². The molecule has 1 N–H and O–H groups in total. The first-order valence-corrected chi connectivity index (χ1v) is 9.53. The number of carbonyl (C=O) groups excluding carboxylic acids is 3. The van der Waals surface area contributed by atoms with Gasteiger partial charge in [0.25, 0.3) is 5.91 Å². The molecule has 0 radical (unpaired) electrons. The van der Waals surface area contributed by atoms with Crippen LogP contribution in [-0.4, -0.2) is 34.0 Å². The largest absolute Gasteiger partial charge is 0.452 e. The van der Waals surface area contributed by atoms with Crippen molar-refractivity contribution in [2.24, 2.45) is 5.92 Å². The van der Waals surface area contributed by atoms with E-state index in [0.717, 1.165) is 0 Å². The minimum absolute atomic E-state index is 0.108. The molecule has 0 spiro atoms. The van der Waals surface area contributed by atoms with Crippen LogP contribution in [0.2, 0.25) is 5.15 Å². The zero-order valence-corrected chi connectivity index (χ0v) is 17.6. The number of anilines is 1. The smallest absolute Gasteiger partial charge is 0.331 e. The Balaban J connectivity index is 1.91. The first-order valence-electron chi connectivity index (χ1n) is 9.16. The van der Waals surface area contributed by atoms with Crippen LogP contribution in [0.25, 0.3) is 6.08 Å². The molecule has 1 aromatic heterocycles. The van der Waals surface area contributed by atoms with Crippen LogP contribution in [0, 0.1) is 12.8 Å². The molecular weight excluding hydrogens is 394 g/mol. The Morgan fingerprint density at radius 3 is 2.69 bits per heavy atom. The zero-order chi connectivity index (χ0) is 21.6. The third-order valence-corrected chi connectivity index (χ3v) is 4.33. The molecule has 2 aromatic rings. The number of benzene rings is 1. The highest BCUT2D eigenvalue weighted by Gasteiger charge is 2.13. The van der Waals surface area contributed by atoms with Gasteiger partial charge in [0.05, 0.1) is 5.69 Å². The van der Waals surface area contributed by atoms with Gasteiger partial charge in [-0.1, -0.05) is 37.6 Å². The van der Waals surface area contributed by atoms with Crippen molar-refractivity contribution >= 4 is 41.0 Å². The number of hydrogen-bond donors (Lipinski definition) is 1. The highest BCUT2D eigenvalue weighted by atomic mass is 35.5. The molecule has 2 rings (SSSR count). The number of rotatable bonds is 8. The summed E-state index contributed by atoms with van der Waals surface area (Å²) in [5, 5.41) is 7.39. The van der Waals surface area contributed by atoms with E-state index in [2.05, 4.69) is 24.3 Å². The molecule has 8 heteroatoms. The number of ketones is 1. The second-order valence-corrected chi connectivity index (χ2v) is 7.35. The van der Waals surface area contributed by atoms with Crippen molar-refractivity contribution in [3.63, 3.8) is 0 Å². The fourth-order valence-electron chi connectivity index (χ4n) is 2.57. The maximum Gasteiger partial charge on any atom is 0.331 e. The number of carbonyl (C=O) groups is 3. The Morgan fingerprint density at radius 1 is 1.31 bits per heavy atom. The van der Waals surface area contributed by atoms with Crippen LogP contribution in [0.3, 0.4) is 0 Å². The third kappa shape index (κ3) is 6.57. The number of nitrogens with one attached hydrogen (secondary N) is 1. The fraction of sp³-hybridized carbons (Fsp3) is 0.333. The Morgan fingerprint density at radius 2 is 2.03 bits per heavy atom. The number of hydrogen-bond acceptors (Lipinski definition) is 5. The lowest BCUT2D eigenvalue weighted by Crippen LogP contribution is -2.20. The number of aromatic nitrogens is 2. The number of esters is 1. The third-order valence-electron chi connectivity index (χ3n) is 3.93. The van der Waals surface area contributed by atoms with Crippen molar-refractivity contribution in [3.05, 3.63) is 52.3 Å². The van der Waals surface area contributed by atoms with Crippen LogP contribution in [0.15, 0.2) is 30.3 Å². The lowest BCUT2D eigenvalue weighted by Gasteiger charge is -2.06. The van der Waals surface area contributed by atoms with Gasteiger partial charge in [0.15, 0.2) is 12.4 Å². The van der Waals surface area contributed by atoms with E-state index in [1.807, 2.05) is 0 Å². The van der Waals surface area contributed by atoms with E-state index in [4.69, 9.17) is 16.3 Å². The summed E-state index contributed by atoms with van der Waals surface area (Å²) in [5.41, 5.74) is 2.26. The number of nitrogens with zero attached hydrogens (tertiary/aromatic N) is 2. The standard InChI is InChI=1S/C21H24ClN3O4/c1-13(2)11-25-21(22)18(14(3)24-25)8-9-20(28)29-12-19(27)23-17-7-5-6-16(10-17)15(4)26/h5-10,13H,11-12H2,1-4H3,(H,23,27)/b9-8+. The van der Waals surface area contributed by atoms with Crippen LogP contribution in [-0.2, 0) is 20.9 Å². The second-order valence-electron chi connectivity index (χ2n) is 6.99. The lowest BCUT2D eigenvalue weighted by atomic mass is 10.1. The molecule has 0 fully saturated rings. The minimum atomic E-state index is -0.676. The molecule has 0 saturated carbocycles. The number of halogens is 1. The number of amides is 1. The van der Waals surface area contributed by atoms with Crippen LogP contribution >= 0.6 is 11.6 Å². The summed E-state index contributed by atoms with van der Waals surface area (Å²) in [5.74, 6) is -0.914. The molecule has 154 valence electrons. The molecule has 0 aliphatic carbocycles. The number of aryl methyl sites for hydroxylation is 1. The van der Waals surface area contributed by atoms with Crippen molar-refractivity contribution in [3.8, 4) is 0 Å². The van der Waals surface area contributed by atoms with Gasteiger partial charge < -0.3 is 10.1 Å². The summed E-state index contributed by atoms with van der Waals surface area (Å²) in [6.07, 6.45) is 2.73. The molecule has 0 atom stereocenters. The van der Waals surface area contributed by atoms with Crippen molar-refractivity contribution in [2.45, 2.75) is 34.2 Å². The first kappa shape index (κ1) is 22.4. The van der Waals surface area contributed by atoms with Crippen molar-refractivity contribution < 1.29 is 19.1 Å². The van der Waals surface area contributed by atoms with Crippen LogP contribution < -0.4 is 5.32 Å². The van der Waals surface area contributed by atoms with E-state index >= 15 is 0 Å². The molecule has 7 nitrogen and oxygen atoms in total. The van der Waals surface area contributed by atoms with Gasteiger partial charge in [0.2, 0.25) is 0 Å². The van der Waals surface area contributed by atoms with Gasteiger partial charge >= 0.3 is 5.97 Å². The maximum absolute atomic E-state index is 12.0. The van der Waals surface area contributed by atoms with Gasteiger partial charge in [-0.25, -0.2) is 4.79 Å². The average molecular weight is 418 g/mol. The molecule has 1 amide bonds. The molecule has 0 saturated heterocycles. The van der Waals surface area contributed by atoms with E-state index < -0.39 is 18.5 Å². The SMILES string of the molecule is CC(=O)c1cccc(NC(=O)COC(=O)/C=C/c2c(C)nn(CC(C)C)c2Cl)c1. The Labute approximate surface area is 174 Å². The van der Waals surface area contributed by atoms with Crippen molar-refractivity contribution in [1.29, 1.82) is 0 Å². The first-order chi connectivity index (χ1) is 13.7. The molecule has 1 aromatic carbocycles. The van der Waals surface area contributed by atoms with Gasteiger partial charge in [-0.05, 0) is 38.0 Å². The van der Waals surface area contributed by atoms with Crippen molar-refractivity contribution in [1.82, 2.24) is 9.78 Å². The predicted octanol–water partition coefficient (Wildman–Crippen LogP) is 3.90. The van der Waals surface area contributed by atoms with E-state index in [0.29, 0.717) is 40.1 Å². The lowest BCUT2D eigenvalue weighted by molar-refractivity contribution is -0.142. The molecular formula is C21H24ClN3O4. The Bertz CT molecular complexity index is 947. The molecule has 1 heterocycles. The Hall–Kier alpha value is -2.93. The predicted molar refractivity (Wildman–Crippen MR) is 112 cm³/mol. The van der Waals surface area contributed by atoms with Crippen LogP contribution in [0.4, 0.5) is 5.69 Å². The Kier molecular flexibility index (Phi) is 7.73. The van der Waals surface area contributed by atoms with Gasteiger partial charge in [-0.2, -0.15) is 5.10 Å². The van der Waals surface area contributed by atoms with Crippen LogP contribution in [0.1, 0.15) is 42.4 Å². The summed E-state index contributed by atoms with van der Waals surface area (Å²) in [7, 11) is 0. The minimum Gasteiger partial charge on any atom is -0.452 e. The molecule has 0 bridgehead atoms. The van der Waals surface area contributed by atoms with E-state index in [1.165, 1.54) is 19.1 Å². The monoisotopic (exact) mass is 417 g/mol. The average Bonchev–Trinajstić information content (AvgIpc) is 2.91. The summed E-state index contributed by atoms with van der Waals surface area (Å²) in [4.78, 5) is 35.3. The second kappa shape index (κ2) is 10.0. The summed E-state index contributed by atoms with van der Waals surface area (Å²) >= 11 is 6.32. The van der Waals surface area contributed by atoms with Gasteiger partial charge in [-0.3, -0.25) is 14.3 Å². The normalized spacial score (nSPS) is 11.1. The van der Waals surface area contributed by atoms with Gasteiger partial charge in [0, 0.05) is 29.4 Å². The van der Waals surface area contributed by atoms with Crippen LogP contribution in [0.5, 0.6) is 0 Å². The zero-order valence-electron chi connectivity index (χ0n) is 16.9. The quantitative estimate of drug-likeness (QED) is 0.399. The van der Waals surface area contributed by atoms with E-state index in [-0.39, 0.29) is 5.78 Å². The molecule has 29 heavy (non-hydrogen) atoms. The van der Waals surface area contributed by atoms with E-state index in [1.54, 1.807) is 35.9 Å². The van der Waals surface area contributed by atoms with E-state index in [9.17, 15) is 14.4 Å². The van der Waals surface area contributed by atoms with Gasteiger partial charge in [-0.15, -0.1) is 0 Å². The highest BCUT2D eigenvalue weighted by Crippen LogP contribution is 2.22. The highest BCUT2D eigenvalue weighted by molar-refractivity contribution is 6.31. The molecule has 0 unspecified atom stereocenters. The maximum atomic E-state index is 12.0. The van der Waals surface area contributed by atoms with Gasteiger partial charge in [0.1, 0.15) is 5.15 Å². The van der Waals surface area contributed by atoms with Crippen molar-refractivity contribution in [2.75, 3.05) is 11.9 Å². The summed E-state index contributed by atoms with van der Waals surface area (Å²) in [6, 6.07) is 6.51. The molecule has 0 aliphatic heterocycles. The number of Topliss-reactive ketones (excluding diaryl/α,β-unsaturated/α-hetero) is 1. The summed E-state index contributed by atoms with van der Waals surface area (Å²) in [6.45, 7) is 7.57. The summed E-state index contributed by atoms with van der Waals surface area (Å²) < 4.78 is 6.64.